The second-order valence-electron chi connectivity index (χ2n) is 7.25. The summed E-state index contributed by atoms with van der Waals surface area (Å²) in [5.74, 6) is 1.62. The van der Waals surface area contributed by atoms with E-state index in [0.29, 0.717) is 5.69 Å². The zero-order valence-corrected chi connectivity index (χ0v) is 12.0. The number of hydrogen-bond donors (Lipinski definition) is 1. The van der Waals surface area contributed by atoms with Crippen LogP contribution in [-0.4, -0.2) is 20.9 Å². The molecule has 0 aromatic carbocycles. The highest BCUT2D eigenvalue weighted by Gasteiger charge is 2.53. The van der Waals surface area contributed by atoms with Gasteiger partial charge in [0.15, 0.2) is 5.69 Å². The average Bonchev–Trinajstić information content (AvgIpc) is 2.82. The van der Waals surface area contributed by atoms with Crippen LogP contribution in [0.15, 0.2) is 6.20 Å². The zero-order valence-electron chi connectivity index (χ0n) is 12.0. The average molecular weight is 274 g/mol. The Morgan fingerprint density at radius 1 is 1.30 bits per heavy atom. The second kappa shape index (κ2) is 4.09. The van der Waals surface area contributed by atoms with Crippen LogP contribution in [0.5, 0.6) is 0 Å². The van der Waals surface area contributed by atoms with Crippen LogP contribution < -0.4 is 0 Å². The molecule has 4 nitrogen and oxygen atoms in total. The molecule has 0 spiro atoms. The van der Waals surface area contributed by atoms with Crippen LogP contribution in [0.2, 0.25) is 0 Å². The van der Waals surface area contributed by atoms with Crippen molar-refractivity contribution in [3.05, 3.63) is 17.5 Å². The summed E-state index contributed by atoms with van der Waals surface area (Å²) in [7, 11) is 0. The Labute approximate surface area is 119 Å². The monoisotopic (exact) mass is 274 g/mol. The minimum Gasteiger partial charge on any atom is -0.476 e. The maximum atomic E-state index is 11.6. The Kier molecular flexibility index (Phi) is 2.54. The number of aromatic nitrogens is 2. The number of carbonyl (C=O) groups is 1. The van der Waals surface area contributed by atoms with Gasteiger partial charge in [-0.15, -0.1) is 0 Å². The van der Waals surface area contributed by atoms with Crippen molar-refractivity contribution in [1.82, 2.24) is 9.78 Å². The Morgan fingerprint density at radius 3 is 2.30 bits per heavy atom. The Bertz CT molecular complexity index is 526. The Balaban J connectivity index is 1.80. The number of hydrogen-bond acceptors (Lipinski definition) is 2. The van der Waals surface area contributed by atoms with E-state index in [-0.39, 0.29) is 5.41 Å². The summed E-state index contributed by atoms with van der Waals surface area (Å²) in [4.78, 5) is 11.6. The Hall–Kier alpha value is -1.32. The van der Waals surface area contributed by atoms with E-state index in [1.165, 1.54) is 38.5 Å². The predicted octanol–water partition coefficient (Wildman–Crippen LogP) is 3.07. The van der Waals surface area contributed by atoms with Crippen molar-refractivity contribution in [2.24, 2.45) is 17.8 Å². The van der Waals surface area contributed by atoms with Crippen LogP contribution in [0.3, 0.4) is 0 Å². The lowest BCUT2D eigenvalue weighted by molar-refractivity contribution is -0.00585. The molecule has 0 amide bonds. The molecule has 4 fully saturated rings. The number of carboxylic acids is 1. The lowest BCUT2D eigenvalue weighted by Crippen LogP contribution is -2.48. The van der Waals surface area contributed by atoms with Crippen molar-refractivity contribution in [2.75, 3.05) is 0 Å². The minimum atomic E-state index is -0.858. The molecule has 4 heteroatoms. The lowest BCUT2D eigenvalue weighted by Gasteiger charge is -2.56. The molecule has 0 aliphatic heterocycles. The van der Waals surface area contributed by atoms with Crippen molar-refractivity contribution in [1.29, 1.82) is 0 Å². The summed E-state index contributed by atoms with van der Waals surface area (Å²) in [6.45, 7) is 2.76. The molecule has 1 aromatic heterocycles. The third-order valence-electron chi connectivity index (χ3n) is 5.90. The van der Waals surface area contributed by atoms with Crippen LogP contribution in [-0.2, 0) is 12.0 Å². The van der Waals surface area contributed by atoms with Gasteiger partial charge in [-0.05, 0) is 63.2 Å². The largest absolute Gasteiger partial charge is 0.476 e. The van der Waals surface area contributed by atoms with E-state index in [9.17, 15) is 9.90 Å². The molecule has 4 bridgehead atoms. The highest BCUT2D eigenvalue weighted by atomic mass is 16.4. The highest BCUT2D eigenvalue weighted by molar-refractivity contribution is 5.87. The first kappa shape index (κ1) is 12.4. The fourth-order valence-electron chi connectivity index (χ4n) is 5.57. The first-order valence-corrected chi connectivity index (χ1v) is 7.91. The van der Waals surface area contributed by atoms with Gasteiger partial charge in [0.25, 0.3) is 0 Å². The molecule has 108 valence electrons. The van der Waals surface area contributed by atoms with Gasteiger partial charge in [-0.1, -0.05) is 0 Å². The summed E-state index contributed by atoms with van der Waals surface area (Å²) < 4.78 is 1.80. The van der Waals surface area contributed by atoms with Gasteiger partial charge in [0.2, 0.25) is 0 Å². The van der Waals surface area contributed by atoms with Gasteiger partial charge in [0.1, 0.15) is 0 Å². The first-order valence-electron chi connectivity index (χ1n) is 7.91. The molecule has 1 aromatic rings. The summed E-state index contributed by atoms with van der Waals surface area (Å²) in [6.07, 6.45) is 9.73. The van der Waals surface area contributed by atoms with Crippen molar-refractivity contribution in [3.63, 3.8) is 0 Å². The maximum Gasteiger partial charge on any atom is 0.356 e. The molecule has 4 aliphatic rings. The molecular weight excluding hydrogens is 252 g/mol. The van der Waals surface area contributed by atoms with Crippen LogP contribution in [0.1, 0.15) is 61.5 Å². The van der Waals surface area contributed by atoms with E-state index in [1.807, 2.05) is 13.1 Å². The number of aryl methyl sites for hydroxylation is 1. The molecule has 0 saturated heterocycles. The standard InChI is InChI=1S/C16H22N2O2/c1-2-18-9-13(14(17-18)15(19)20)16-6-10-3-11(7-16)5-12(4-10)8-16/h9-12H,2-8H2,1H3,(H,19,20). The molecule has 20 heavy (non-hydrogen) atoms. The second-order valence-corrected chi connectivity index (χ2v) is 7.25. The summed E-state index contributed by atoms with van der Waals surface area (Å²) in [5.41, 5.74) is 1.47. The van der Waals surface area contributed by atoms with Gasteiger partial charge in [-0.3, -0.25) is 4.68 Å². The Morgan fingerprint density at radius 2 is 1.85 bits per heavy atom. The summed E-state index contributed by atoms with van der Waals surface area (Å²) >= 11 is 0. The smallest absolute Gasteiger partial charge is 0.356 e. The van der Waals surface area contributed by atoms with E-state index in [1.54, 1.807) is 4.68 Å². The normalized spacial score (nSPS) is 38.4. The summed E-state index contributed by atoms with van der Waals surface area (Å²) in [5, 5.41) is 13.8. The van der Waals surface area contributed by atoms with Gasteiger partial charge < -0.3 is 5.11 Å². The molecular formula is C16H22N2O2. The maximum absolute atomic E-state index is 11.6. The third kappa shape index (κ3) is 1.66. The van der Waals surface area contributed by atoms with Crippen LogP contribution in [0.4, 0.5) is 0 Å². The lowest BCUT2D eigenvalue weighted by atomic mass is 9.48. The molecule has 4 saturated carbocycles. The minimum absolute atomic E-state index is 0.121. The topological polar surface area (TPSA) is 55.1 Å². The van der Waals surface area contributed by atoms with Gasteiger partial charge in [-0.2, -0.15) is 5.10 Å². The van der Waals surface area contributed by atoms with Gasteiger partial charge in [-0.25, -0.2) is 4.79 Å². The van der Waals surface area contributed by atoms with E-state index >= 15 is 0 Å². The molecule has 1 N–H and O–H groups in total. The highest BCUT2D eigenvalue weighted by Crippen LogP contribution is 2.61. The molecule has 5 rings (SSSR count). The number of carboxylic acid groups (broad SMARTS) is 1. The van der Waals surface area contributed by atoms with Gasteiger partial charge >= 0.3 is 5.97 Å². The van der Waals surface area contributed by atoms with Crippen LogP contribution >= 0.6 is 0 Å². The predicted molar refractivity (Wildman–Crippen MR) is 74.7 cm³/mol. The fourth-order valence-corrected chi connectivity index (χ4v) is 5.57. The quantitative estimate of drug-likeness (QED) is 0.921. The number of rotatable bonds is 3. The van der Waals surface area contributed by atoms with Crippen molar-refractivity contribution in [2.45, 2.75) is 57.4 Å². The van der Waals surface area contributed by atoms with Crippen molar-refractivity contribution < 1.29 is 9.90 Å². The third-order valence-corrected chi connectivity index (χ3v) is 5.90. The van der Waals surface area contributed by atoms with E-state index < -0.39 is 5.97 Å². The molecule has 0 radical (unpaired) electrons. The molecule has 0 atom stereocenters. The van der Waals surface area contributed by atoms with E-state index in [0.717, 1.165) is 29.9 Å². The van der Waals surface area contributed by atoms with E-state index in [4.69, 9.17) is 0 Å². The SMILES string of the molecule is CCn1cc(C23CC4CC(CC(C4)C2)C3)c(C(=O)O)n1. The number of nitrogens with zero attached hydrogens (tertiary/aromatic N) is 2. The van der Waals surface area contributed by atoms with Gasteiger partial charge in [0, 0.05) is 23.7 Å². The van der Waals surface area contributed by atoms with E-state index in [2.05, 4.69) is 5.10 Å². The van der Waals surface area contributed by atoms with Crippen molar-refractivity contribution >= 4 is 5.97 Å². The zero-order chi connectivity index (χ0) is 13.9. The summed E-state index contributed by atoms with van der Waals surface area (Å²) in [6, 6.07) is 0. The van der Waals surface area contributed by atoms with Crippen LogP contribution in [0, 0.1) is 17.8 Å². The fraction of sp³-hybridized carbons (Fsp3) is 0.750. The molecule has 0 unspecified atom stereocenters. The molecule has 1 heterocycles. The van der Waals surface area contributed by atoms with Crippen molar-refractivity contribution in [3.8, 4) is 0 Å². The number of aromatic carboxylic acids is 1. The molecule has 4 aliphatic carbocycles. The van der Waals surface area contributed by atoms with Gasteiger partial charge in [0.05, 0.1) is 0 Å². The van der Waals surface area contributed by atoms with Crippen LogP contribution in [0.25, 0.3) is 0 Å². The first-order chi connectivity index (χ1) is 9.59.